The van der Waals surface area contributed by atoms with Crippen LogP contribution in [0.25, 0.3) is 0 Å². The second kappa shape index (κ2) is 6.42. The van der Waals surface area contributed by atoms with Gasteiger partial charge < -0.3 is 20.2 Å². The van der Waals surface area contributed by atoms with Crippen LogP contribution < -0.4 is 15.8 Å². The van der Waals surface area contributed by atoms with Gasteiger partial charge >= 0.3 is 0 Å². The van der Waals surface area contributed by atoms with E-state index in [1.54, 1.807) is 42.7 Å². The lowest BCUT2D eigenvalue weighted by atomic mass is 10.2. The monoisotopic (exact) mass is 274 g/mol. The Morgan fingerprint density at radius 1 is 1.25 bits per heavy atom. The Balaban J connectivity index is 1.95. The zero-order chi connectivity index (χ0) is 14.4. The molecule has 1 aromatic carbocycles. The zero-order valence-corrected chi connectivity index (χ0v) is 10.7. The molecular weight excluding hydrogens is 260 g/mol. The van der Waals surface area contributed by atoms with Gasteiger partial charge in [0.05, 0.1) is 12.8 Å². The van der Waals surface area contributed by atoms with Crippen LogP contribution in [0, 0.1) is 0 Å². The molecule has 2 aromatic rings. The smallest absolute Gasteiger partial charge is 0.255 e. The molecule has 6 heteroatoms. The minimum atomic E-state index is -0.572. The first-order valence-electron chi connectivity index (χ1n) is 5.97. The summed E-state index contributed by atoms with van der Waals surface area (Å²) in [5.74, 6) is 0.248. The van der Waals surface area contributed by atoms with Gasteiger partial charge in [0.15, 0.2) is 6.61 Å². The lowest BCUT2D eigenvalue weighted by Crippen LogP contribution is -2.23. The maximum absolute atomic E-state index is 11.9. The van der Waals surface area contributed by atoms with Crippen molar-refractivity contribution in [2.45, 2.75) is 6.54 Å². The number of amides is 2. The van der Waals surface area contributed by atoms with Gasteiger partial charge in [-0.25, -0.2) is 0 Å². The minimum absolute atomic E-state index is 0.225. The van der Waals surface area contributed by atoms with E-state index in [9.17, 15) is 9.59 Å². The summed E-state index contributed by atoms with van der Waals surface area (Å²) in [6, 6.07) is 10.0. The van der Waals surface area contributed by atoms with E-state index in [0.29, 0.717) is 23.6 Å². The number of carbonyl (C=O) groups excluding carboxylic acids is 2. The van der Waals surface area contributed by atoms with Gasteiger partial charge in [-0.1, -0.05) is 6.07 Å². The van der Waals surface area contributed by atoms with E-state index in [1.165, 1.54) is 0 Å². The van der Waals surface area contributed by atoms with E-state index < -0.39 is 5.91 Å². The number of ether oxygens (including phenoxy) is 1. The largest absolute Gasteiger partial charge is 0.484 e. The molecule has 6 nitrogen and oxygen atoms in total. The quantitative estimate of drug-likeness (QED) is 0.823. The number of nitrogens with one attached hydrogen (secondary N) is 1. The van der Waals surface area contributed by atoms with Crippen LogP contribution in [-0.2, 0) is 11.3 Å². The topological polar surface area (TPSA) is 94.6 Å². The number of nitrogens with two attached hydrogens (primary N) is 1. The second-order valence-electron chi connectivity index (χ2n) is 4.04. The summed E-state index contributed by atoms with van der Waals surface area (Å²) >= 11 is 0. The summed E-state index contributed by atoms with van der Waals surface area (Å²) in [7, 11) is 0. The van der Waals surface area contributed by atoms with Crippen molar-refractivity contribution in [3.8, 4) is 5.75 Å². The molecule has 0 fully saturated rings. The molecular formula is C14H14N2O4. The highest BCUT2D eigenvalue weighted by molar-refractivity contribution is 5.94. The molecule has 0 aliphatic carbocycles. The fraction of sp³-hybridized carbons (Fsp3) is 0.143. The number of carbonyl (C=O) groups is 2. The Kier molecular flexibility index (Phi) is 4.39. The van der Waals surface area contributed by atoms with Crippen molar-refractivity contribution in [3.05, 3.63) is 54.0 Å². The maximum atomic E-state index is 11.9. The maximum Gasteiger partial charge on any atom is 0.255 e. The highest BCUT2D eigenvalue weighted by atomic mass is 16.5. The predicted molar refractivity (Wildman–Crippen MR) is 71.0 cm³/mol. The Labute approximate surface area is 115 Å². The first-order valence-corrected chi connectivity index (χ1v) is 5.97. The third-order valence-electron chi connectivity index (χ3n) is 2.48. The number of primary amides is 1. The molecule has 20 heavy (non-hydrogen) atoms. The first-order chi connectivity index (χ1) is 9.65. The first kappa shape index (κ1) is 13.7. The molecule has 0 radical (unpaired) electrons. The lowest BCUT2D eigenvalue weighted by molar-refractivity contribution is -0.119. The van der Waals surface area contributed by atoms with Crippen LogP contribution >= 0.6 is 0 Å². The summed E-state index contributed by atoms with van der Waals surface area (Å²) in [6.07, 6.45) is 1.54. The Hall–Kier alpha value is -2.76. The van der Waals surface area contributed by atoms with Gasteiger partial charge in [-0.2, -0.15) is 0 Å². The van der Waals surface area contributed by atoms with E-state index in [4.69, 9.17) is 14.9 Å². The van der Waals surface area contributed by atoms with Crippen LogP contribution in [0.3, 0.4) is 0 Å². The lowest BCUT2D eigenvalue weighted by Gasteiger charge is -2.07. The van der Waals surface area contributed by atoms with Gasteiger partial charge in [-0.15, -0.1) is 0 Å². The van der Waals surface area contributed by atoms with Crippen LogP contribution in [0.4, 0.5) is 0 Å². The molecule has 0 aliphatic rings. The number of furan rings is 1. The number of hydrogen-bond acceptors (Lipinski definition) is 4. The van der Waals surface area contributed by atoms with Gasteiger partial charge in [0.25, 0.3) is 11.8 Å². The van der Waals surface area contributed by atoms with Crippen molar-refractivity contribution >= 4 is 11.8 Å². The average Bonchev–Trinajstić information content (AvgIpc) is 2.96. The average molecular weight is 274 g/mol. The molecule has 0 aliphatic heterocycles. The molecule has 0 bridgehead atoms. The fourth-order valence-electron chi connectivity index (χ4n) is 1.56. The second-order valence-corrected chi connectivity index (χ2v) is 4.04. The molecule has 1 heterocycles. The van der Waals surface area contributed by atoms with E-state index in [2.05, 4.69) is 5.32 Å². The molecule has 3 N–H and O–H groups in total. The number of benzene rings is 1. The van der Waals surface area contributed by atoms with Crippen LogP contribution in [0.15, 0.2) is 47.1 Å². The van der Waals surface area contributed by atoms with Crippen LogP contribution in [0.2, 0.25) is 0 Å². The van der Waals surface area contributed by atoms with E-state index >= 15 is 0 Å². The van der Waals surface area contributed by atoms with Crippen molar-refractivity contribution in [2.75, 3.05) is 6.61 Å². The molecule has 0 atom stereocenters. The molecule has 0 saturated heterocycles. The van der Waals surface area contributed by atoms with Gasteiger partial charge in [-0.3, -0.25) is 9.59 Å². The zero-order valence-electron chi connectivity index (χ0n) is 10.7. The van der Waals surface area contributed by atoms with Crippen LogP contribution in [0.1, 0.15) is 16.1 Å². The third-order valence-corrected chi connectivity index (χ3v) is 2.48. The standard InChI is InChI=1S/C14H14N2O4/c15-13(17)9-20-11-4-1-3-10(7-11)14(18)16-8-12-5-2-6-19-12/h1-7H,8-9H2,(H2,15,17)(H,16,18). The fourth-order valence-corrected chi connectivity index (χ4v) is 1.56. The molecule has 0 saturated carbocycles. The Morgan fingerprint density at radius 2 is 2.10 bits per heavy atom. The third kappa shape index (κ3) is 3.88. The molecule has 104 valence electrons. The van der Waals surface area contributed by atoms with Crippen molar-refractivity contribution in [1.29, 1.82) is 0 Å². The molecule has 1 aromatic heterocycles. The number of rotatable bonds is 6. The molecule has 2 amide bonds. The Bertz CT molecular complexity index is 593. The minimum Gasteiger partial charge on any atom is -0.484 e. The van der Waals surface area contributed by atoms with Crippen molar-refractivity contribution in [3.63, 3.8) is 0 Å². The summed E-state index contributed by atoms with van der Waals surface area (Å²) in [4.78, 5) is 22.6. The van der Waals surface area contributed by atoms with E-state index in [1.807, 2.05) is 0 Å². The van der Waals surface area contributed by atoms with Gasteiger partial charge in [-0.05, 0) is 30.3 Å². The van der Waals surface area contributed by atoms with E-state index in [0.717, 1.165) is 0 Å². The molecule has 0 unspecified atom stereocenters. The Morgan fingerprint density at radius 3 is 2.80 bits per heavy atom. The van der Waals surface area contributed by atoms with Crippen LogP contribution in [0.5, 0.6) is 5.75 Å². The number of hydrogen-bond donors (Lipinski definition) is 2. The van der Waals surface area contributed by atoms with E-state index in [-0.39, 0.29) is 12.5 Å². The summed E-state index contributed by atoms with van der Waals surface area (Å²) < 4.78 is 10.3. The van der Waals surface area contributed by atoms with Gasteiger partial charge in [0, 0.05) is 5.56 Å². The van der Waals surface area contributed by atoms with Crippen molar-refractivity contribution in [1.82, 2.24) is 5.32 Å². The summed E-state index contributed by atoms with van der Waals surface area (Å²) in [5, 5.41) is 2.71. The van der Waals surface area contributed by atoms with Crippen molar-refractivity contribution in [2.24, 2.45) is 5.73 Å². The highest BCUT2D eigenvalue weighted by Crippen LogP contribution is 2.13. The summed E-state index contributed by atoms with van der Waals surface area (Å²) in [5.41, 5.74) is 5.42. The highest BCUT2D eigenvalue weighted by Gasteiger charge is 2.07. The van der Waals surface area contributed by atoms with Gasteiger partial charge in [0.2, 0.25) is 0 Å². The normalized spacial score (nSPS) is 10.0. The van der Waals surface area contributed by atoms with Crippen molar-refractivity contribution < 1.29 is 18.7 Å². The van der Waals surface area contributed by atoms with Crippen LogP contribution in [-0.4, -0.2) is 18.4 Å². The molecule has 2 rings (SSSR count). The molecule has 0 spiro atoms. The van der Waals surface area contributed by atoms with Gasteiger partial charge in [0.1, 0.15) is 11.5 Å². The SMILES string of the molecule is NC(=O)COc1cccc(C(=O)NCc2ccco2)c1. The summed E-state index contributed by atoms with van der Waals surface area (Å²) in [6.45, 7) is 0.0790. The predicted octanol–water partition coefficient (Wildman–Crippen LogP) is 1.07.